The van der Waals surface area contributed by atoms with E-state index < -0.39 is 5.63 Å². The number of anilines is 1. The predicted octanol–water partition coefficient (Wildman–Crippen LogP) is 4.89. The van der Waals surface area contributed by atoms with Gasteiger partial charge in [-0.05, 0) is 55.3 Å². The van der Waals surface area contributed by atoms with E-state index in [1.807, 2.05) is 54.9 Å². The van der Waals surface area contributed by atoms with Gasteiger partial charge in [-0.1, -0.05) is 18.2 Å². The number of nitrogens with one attached hydrogen (secondary N) is 1. The molecule has 7 nitrogen and oxygen atoms in total. The molecule has 1 amide bonds. The number of fused-ring (bicyclic) bond motifs is 2. The lowest BCUT2D eigenvalue weighted by Crippen LogP contribution is -2.13. The van der Waals surface area contributed by atoms with Crippen LogP contribution in [0.3, 0.4) is 0 Å². The smallest absolute Gasteiger partial charge is 0.336 e. The van der Waals surface area contributed by atoms with Gasteiger partial charge < -0.3 is 18.9 Å². The number of benzene rings is 2. The molecule has 33 heavy (non-hydrogen) atoms. The van der Waals surface area contributed by atoms with E-state index in [1.54, 1.807) is 30.3 Å². The Labute approximate surface area is 189 Å². The van der Waals surface area contributed by atoms with Crippen molar-refractivity contribution >= 4 is 28.2 Å². The van der Waals surface area contributed by atoms with Gasteiger partial charge in [0.15, 0.2) is 0 Å². The largest absolute Gasteiger partial charge is 0.486 e. The summed E-state index contributed by atoms with van der Waals surface area (Å²) in [5, 5.41) is 3.67. The Balaban J connectivity index is 1.36. The molecule has 3 aromatic heterocycles. The number of imidazole rings is 1. The second kappa shape index (κ2) is 8.27. The van der Waals surface area contributed by atoms with Gasteiger partial charge in [0.2, 0.25) is 0 Å². The fourth-order valence-electron chi connectivity index (χ4n) is 3.81. The number of hydrogen-bond donors (Lipinski definition) is 1. The van der Waals surface area contributed by atoms with Crippen LogP contribution in [0, 0.1) is 13.8 Å². The first-order valence-electron chi connectivity index (χ1n) is 10.5. The molecule has 0 radical (unpaired) electrons. The number of rotatable bonds is 5. The summed E-state index contributed by atoms with van der Waals surface area (Å²) in [6, 6.07) is 17.7. The normalized spacial score (nSPS) is 11.1. The maximum Gasteiger partial charge on any atom is 0.336 e. The number of carbonyl (C=O) groups excluding carboxylic acids is 1. The number of aryl methyl sites for hydroxylation is 2. The number of para-hydroxylation sites is 1. The summed E-state index contributed by atoms with van der Waals surface area (Å²) in [5.41, 5.74) is 4.44. The van der Waals surface area contributed by atoms with Gasteiger partial charge in [0.1, 0.15) is 23.6 Å². The lowest BCUT2D eigenvalue weighted by atomic mass is 10.1. The van der Waals surface area contributed by atoms with Gasteiger partial charge in [-0.15, -0.1) is 0 Å². The van der Waals surface area contributed by atoms with Crippen LogP contribution in [-0.2, 0) is 6.61 Å². The molecule has 1 N–H and O–H groups in total. The fourth-order valence-corrected chi connectivity index (χ4v) is 3.81. The standard InChI is InChI=1S/C26H21N3O4/c1-16-6-5-11-29-14-19(27-25(16)29)15-32-22-8-4-3-7-21(22)26(31)28-18-9-10-20-17(2)12-24(30)33-23(20)13-18/h3-14H,15H2,1-2H3,(H,28,31). The minimum Gasteiger partial charge on any atom is -0.486 e. The zero-order valence-corrected chi connectivity index (χ0v) is 18.2. The zero-order valence-electron chi connectivity index (χ0n) is 18.2. The molecule has 0 aliphatic carbocycles. The fraction of sp³-hybridized carbons (Fsp3) is 0.115. The molecule has 0 unspecified atom stereocenters. The molecule has 0 bridgehead atoms. The van der Waals surface area contributed by atoms with E-state index in [1.165, 1.54) is 6.07 Å². The predicted molar refractivity (Wildman–Crippen MR) is 126 cm³/mol. The van der Waals surface area contributed by atoms with Gasteiger partial charge in [-0.25, -0.2) is 9.78 Å². The Morgan fingerprint density at radius 1 is 1.06 bits per heavy atom. The molecular formula is C26H21N3O4. The Hall–Kier alpha value is -4.39. The molecule has 164 valence electrons. The van der Waals surface area contributed by atoms with Crippen LogP contribution in [-0.4, -0.2) is 15.3 Å². The van der Waals surface area contributed by atoms with Crippen molar-refractivity contribution < 1.29 is 13.9 Å². The summed E-state index contributed by atoms with van der Waals surface area (Å²) >= 11 is 0. The second-order valence-corrected chi connectivity index (χ2v) is 7.85. The van der Waals surface area contributed by atoms with Crippen molar-refractivity contribution in [3.63, 3.8) is 0 Å². The van der Waals surface area contributed by atoms with Crippen molar-refractivity contribution in [1.29, 1.82) is 0 Å². The minimum atomic E-state index is -0.427. The first-order chi connectivity index (χ1) is 16.0. The second-order valence-electron chi connectivity index (χ2n) is 7.85. The molecule has 5 aromatic rings. The van der Waals surface area contributed by atoms with Gasteiger partial charge in [0.25, 0.3) is 5.91 Å². The van der Waals surface area contributed by atoms with Crippen molar-refractivity contribution in [3.05, 3.63) is 106 Å². The number of amides is 1. The zero-order chi connectivity index (χ0) is 22.9. The number of aromatic nitrogens is 2. The maximum absolute atomic E-state index is 13.0. The van der Waals surface area contributed by atoms with Crippen LogP contribution >= 0.6 is 0 Å². The van der Waals surface area contributed by atoms with Gasteiger partial charge in [-0.3, -0.25) is 4.79 Å². The number of ether oxygens (including phenoxy) is 1. The van der Waals surface area contributed by atoms with E-state index in [4.69, 9.17) is 9.15 Å². The highest BCUT2D eigenvalue weighted by atomic mass is 16.5. The van der Waals surface area contributed by atoms with Crippen LogP contribution < -0.4 is 15.7 Å². The summed E-state index contributed by atoms with van der Waals surface area (Å²) in [6.07, 6.45) is 3.85. The number of carbonyl (C=O) groups is 1. The third-order valence-electron chi connectivity index (χ3n) is 5.44. The average Bonchev–Trinajstić information content (AvgIpc) is 3.22. The van der Waals surface area contributed by atoms with Crippen molar-refractivity contribution in [1.82, 2.24) is 9.38 Å². The average molecular weight is 439 g/mol. The van der Waals surface area contributed by atoms with Crippen molar-refractivity contribution in [3.8, 4) is 5.75 Å². The lowest BCUT2D eigenvalue weighted by molar-refractivity contribution is 0.102. The van der Waals surface area contributed by atoms with E-state index in [-0.39, 0.29) is 12.5 Å². The molecule has 0 aliphatic heterocycles. The molecule has 5 rings (SSSR count). The minimum absolute atomic E-state index is 0.228. The Kier molecular flexibility index (Phi) is 5.14. The van der Waals surface area contributed by atoms with E-state index >= 15 is 0 Å². The SMILES string of the molecule is Cc1cc(=O)oc2cc(NC(=O)c3ccccc3OCc3cn4cccc(C)c4n3)ccc12. The van der Waals surface area contributed by atoms with E-state index in [2.05, 4.69) is 10.3 Å². The Bertz CT molecular complexity index is 1570. The first kappa shape index (κ1) is 20.5. The van der Waals surface area contributed by atoms with Crippen LogP contribution in [0.5, 0.6) is 5.75 Å². The Morgan fingerprint density at radius 2 is 1.91 bits per heavy atom. The van der Waals surface area contributed by atoms with E-state index in [9.17, 15) is 9.59 Å². The highest BCUT2D eigenvalue weighted by Crippen LogP contribution is 2.24. The van der Waals surface area contributed by atoms with Crippen LogP contribution in [0.2, 0.25) is 0 Å². The monoisotopic (exact) mass is 439 g/mol. The molecule has 0 saturated heterocycles. The molecule has 7 heteroatoms. The number of hydrogen-bond acceptors (Lipinski definition) is 5. The number of nitrogens with zero attached hydrogens (tertiary/aromatic N) is 2. The van der Waals surface area contributed by atoms with Gasteiger partial charge in [-0.2, -0.15) is 0 Å². The molecule has 0 saturated carbocycles. The van der Waals surface area contributed by atoms with E-state index in [0.29, 0.717) is 22.6 Å². The van der Waals surface area contributed by atoms with Gasteiger partial charge >= 0.3 is 5.63 Å². The third-order valence-corrected chi connectivity index (χ3v) is 5.44. The molecular weight excluding hydrogens is 418 g/mol. The van der Waals surface area contributed by atoms with Crippen molar-refractivity contribution in [2.75, 3.05) is 5.32 Å². The Morgan fingerprint density at radius 3 is 2.76 bits per heavy atom. The van der Waals surface area contributed by atoms with Crippen LogP contribution in [0.25, 0.3) is 16.6 Å². The summed E-state index contributed by atoms with van der Waals surface area (Å²) in [6.45, 7) is 4.08. The first-order valence-corrected chi connectivity index (χ1v) is 10.5. The third kappa shape index (κ3) is 4.08. The summed E-state index contributed by atoms with van der Waals surface area (Å²) in [7, 11) is 0. The molecule has 0 fully saturated rings. The molecule has 0 atom stereocenters. The summed E-state index contributed by atoms with van der Waals surface area (Å²) < 4.78 is 13.2. The van der Waals surface area contributed by atoms with Crippen LogP contribution in [0.1, 0.15) is 27.2 Å². The van der Waals surface area contributed by atoms with Crippen LogP contribution in [0.4, 0.5) is 5.69 Å². The maximum atomic E-state index is 13.0. The quantitative estimate of drug-likeness (QED) is 0.394. The van der Waals surface area contributed by atoms with Gasteiger partial charge in [0.05, 0.1) is 11.3 Å². The molecule has 3 heterocycles. The van der Waals surface area contributed by atoms with Crippen LogP contribution in [0.15, 0.2) is 82.3 Å². The topological polar surface area (TPSA) is 85.8 Å². The lowest BCUT2D eigenvalue weighted by Gasteiger charge is -2.11. The molecule has 2 aromatic carbocycles. The summed E-state index contributed by atoms with van der Waals surface area (Å²) in [5.74, 6) is 0.123. The van der Waals surface area contributed by atoms with Crippen molar-refractivity contribution in [2.24, 2.45) is 0 Å². The highest BCUT2D eigenvalue weighted by Gasteiger charge is 2.14. The highest BCUT2D eigenvalue weighted by molar-refractivity contribution is 6.06. The van der Waals surface area contributed by atoms with E-state index in [0.717, 1.165) is 27.9 Å². The molecule has 0 spiro atoms. The van der Waals surface area contributed by atoms with Crippen molar-refractivity contribution in [2.45, 2.75) is 20.5 Å². The molecule has 0 aliphatic rings. The van der Waals surface area contributed by atoms with Gasteiger partial charge in [0, 0.05) is 35.6 Å². The number of pyridine rings is 1. The summed E-state index contributed by atoms with van der Waals surface area (Å²) in [4.78, 5) is 29.3.